The molecule has 2 saturated heterocycles. The molecule has 17 heavy (non-hydrogen) atoms. The number of rotatable bonds is 2. The van der Waals surface area contributed by atoms with E-state index in [0.717, 1.165) is 19.4 Å². The highest BCUT2D eigenvalue weighted by atomic mass is 16.2. The number of likely N-dealkylation sites (tertiary alicyclic amines) is 1. The summed E-state index contributed by atoms with van der Waals surface area (Å²) in [4.78, 5) is 25.0. The molecule has 2 N–H and O–H groups in total. The first-order valence-electron chi connectivity index (χ1n) is 6.34. The minimum Gasteiger partial charge on any atom is -0.353 e. The van der Waals surface area contributed by atoms with E-state index in [1.54, 1.807) is 11.9 Å². The largest absolute Gasteiger partial charge is 0.353 e. The van der Waals surface area contributed by atoms with E-state index in [9.17, 15) is 9.59 Å². The first kappa shape index (κ1) is 12.4. The van der Waals surface area contributed by atoms with E-state index in [2.05, 4.69) is 17.6 Å². The van der Waals surface area contributed by atoms with Crippen LogP contribution in [0.25, 0.3) is 0 Å². The molecule has 5 nitrogen and oxygen atoms in total. The van der Waals surface area contributed by atoms with Crippen molar-refractivity contribution >= 4 is 11.8 Å². The van der Waals surface area contributed by atoms with Gasteiger partial charge in [0.05, 0.1) is 5.92 Å². The summed E-state index contributed by atoms with van der Waals surface area (Å²) in [5.74, 6) is -0.0386. The summed E-state index contributed by atoms with van der Waals surface area (Å²) in [6, 6.07) is 0.724. The summed E-state index contributed by atoms with van der Waals surface area (Å²) in [6.45, 7) is 3.64. The maximum atomic E-state index is 12.0. The third-order valence-electron chi connectivity index (χ3n) is 3.68. The zero-order valence-corrected chi connectivity index (χ0v) is 10.5. The normalized spacial score (nSPS) is 33.9. The third-order valence-corrected chi connectivity index (χ3v) is 3.68. The predicted molar refractivity (Wildman–Crippen MR) is 64.4 cm³/mol. The molecular weight excluding hydrogens is 218 g/mol. The second kappa shape index (κ2) is 5.04. The van der Waals surface area contributed by atoms with Gasteiger partial charge in [-0.25, -0.2) is 0 Å². The Labute approximate surface area is 102 Å². The maximum absolute atomic E-state index is 12.0. The van der Waals surface area contributed by atoms with Crippen LogP contribution in [0.5, 0.6) is 0 Å². The number of hydrogen-bond donors (Lipinski definition) is 2. The Morgan fingerprint density at radius 2 is 2.29 bits per heavy atom. The molecule has 2 amide bonds. The molecular formula is C12H21N3O2. The van der Waals surface area contributed by atoms with Gasteiger partial charge in [-0.2, -0.15) is 0 Å². The second-order valence-corrected chi connectivity index (χ2v) is 5.26. The molecule has 5 heteroatoms. The van der Waals surface area contributed by atoms with Gasteiger partial charge in [-0.05, 0) is 26.3 Å². The van der Waals surface area contributed by atoms with Gasteiger partial charge in [0.1, 0.15) is 0 Å². The topological polar surface area (TPSA) is 61.4 Å². The summed E-state index contributed by atoms with van der Waals surface area (Å²) >= 11 is 0. The molecule has 0 aliphatic carbocycles. The molecule has 0 aromatic rings. The fraction of sp³-hybridized carbons (Fsp3) is 0.833. The lowest BCUT2D eigenvalue weighted by Gasteiger charge is -2.29. The Bertz CT molecular complexity index is 319. The van der Waals surface area contributed by atoms with E-state index in [-0.39, 0.29) is 23.8 Å². The van der Waals surface area contributed by atoms with E-state index in [1.165, 1.54) is 0 Å². The van der Waals surface area contributed by atoms with Gasteiger partial charge in [-0.15, -0.1) is 0 Å². The van der Waals surface area contributed by atoms with Gasteiger partial charge >= 0.3 is 0 Å². The van der Waals surface area contributed by atoms with Gasteiger partial charge in [0.2, 0.25) is 11.8 Å². The van der Waals surface area contributed by atoms with Crippen LogP contribution >= 0.6 is 0 Å². The van der Waals surface area contributed by atoms with Crippen molar-refractivity contribution < 1.29 is 9.59 Å². The molecule has 2 fully saturated rings. The van der Waals surface area contributed by atoms with Gasteiger partial charge in [-0.1, -0.05) is 0 Å². The van der Waals surface area contributed by atoms with Crippen molar-refractivity contribution in [2.75, 3.05) is 20.1 Å². The number of hydrogen-bond acceptors (Lipinski definition) is 3. The molecule has 96 valence electrons. The first-order valence-corrected chi connectivity index (χ1v) is 6.34. The van der Waals surface area contributed by atoms with Crippen LogP contribution in [0.15, 0.2) is 0 Å². The van der Waals surface area contributed by atoms with Crippen LogP contribution in [0.3, 0.4) is 0 Å². The van der Waals surface area contributed by atoms with Gasteiger partial charge in [0.25, 0.3) is 0 Å². The minimum absolute atomic E-state index is 0.0433. The molecule has 3 atom stereocenters. The third kappa shape index (κ3) is 2.97. The first-order chi connectivity index (χ1) is 8.06. The van der Waals surface area contributed by atoms with Crippen LogP contribution in [0.4, 0.5) is 0 Å². The van der Waals surface area contributed by atoms with E-state index in [0.29, 0.717) is 19.0 Å². The lowest BCUT2D eigenvalue weighted by Crippen LogP contribution is -2.48. The summed E-state index contributed by atoms with van der Waals surface area (Å²) in [5, 5.41) is 6.43. The number of carbonyl (C=O) groups is 2. The molecule has 2 aliphatic heterocycles. The van der Waals surface area contributed by atoms with Crippen LogP contribution in [0.2, 0.25) is 0 Å². The number of piperidine rings is 1. The maximum Gasteiger partial charge on any atom is 0.225 e. The summed E-state index contributed by atoms with van der Waals surface area (Å²) < 4.78 is 0. The second-order valence-electron chi connectivity index (χ2n) is 5.26. The van der Waals surface area contributed by atoms with Gasteiger partial charge < -0.3 is 15.5 Å². The van der Waals surface area contributed by atoms with E-state index in [4.69, 9.17) is 0 Å². The SMILES string of the molecule is CC1CC(NC(=O)C2CC(=O)N(C)C2)CCN1. The Morgan fingerprint density at radius 3 is 2.88 bits per heavy atom. The highest BCUT2D eigenvalue weighted by Crippen LogP contribution is 2.17. The Morgan fingerprint density at radius 1 is 1.53 bits per heavy atom. The van der Waals surface area contributed by atoms with Gasteiger partial charge in [0.15, 0.2) is 0 Å². The molecule has 0 bridgehead atoms. The summed E-state index contributed by atoms with van der Waals surface area (Å²) in [6.07, 6.45) is 2.32. The van der Waals surface area contributed by atoms with E-state index in [1.807, 2.05) is 0 Å². The number of amides is 2. The van der Waals surface area contributed by atoms with Gasteiger partial charge in [-0.3, -0.25) is 9.59 Å². The monoisotopic (exact) mass is 239 g/mol. The van der Waals surface area contributed by atoms with Crippen molar-refractivity contribution in [3.63, 3.8) is 0 Å². The van der Waals surface area contributed by atoms with Crippen molar-refractivity contribution in [3.05, 3.63) is 0 Å². The summed E-state index contributed by atoms with van der Waals surface area (Å²) in [7, 11) is 1.75. The van der Waals surface area contributed by atoms with Gasteiger partial charge in [0, 0.05) is 32.1 Å². The van der Waals surface area contributed by atoms with Crippen molar-refractivity contribution in [1.29, 1.82) is 0 Å². The van der Waals surface area contributed by atoms with Crippen LogP contribution in [-0.4, -0.2) is 48.9 Å². The fourth-order valence-corrected chi connectivity index (χ4v) is 2.62. The van der Waals surface area contributed by atoms with Crippen LogP contribution in [0.1, 0.15) is 26.2 Å². The minimum atomic E-state index is -0.155. The number of nitrogens with zero attached hydrogens (tertiary/aromatic N) is 1. The molecule has 0 aromatic heterocycles. The number of carbonyl (C=O) groups excluding carboxylic acids is 2. The Kier molecular flexibility index (Phi) is 3.66. The van der Waals surface area contributed by atoms with Crippen molar-refractivity contribution in [2.24, 2.45) is 5.92 Å². The Hall–Kier alpha value is -1.10. The highest BCUT2D eigenvalue weighted by molar-refractivity contribution is 5.89. The lowest BCUT2D eigenvalue weighted by atomic mass is 9.99. The zero-order valence-electron chi connectivity index (χ0n) is 10.5. The predicted octanol–water partition coefficient (Wildman–Crippen LogP) is -0.279. The molecule has 3 unspecified atom stereocenters. The van der Waals surface area contributed by atoms with E-state index < -0.39 is 0 Å². The standard InChI is InChI=1S/C12H21N3O2/c1-8-5-10(3-4-13-8)14-12(17)9-6-11(16)15(2)7-9/h8-10,13H,3-7H2,1-2H3,(H,14,17). The summed E-state index contributed by atoms with van der Waals surface area (Å²) in [5.41, 5.74) is 0. The molecule has 0 aromatic carbocycles. The molecule has 2 rings (SSSR count). The molecule has 2 heterocycles. The van der Waals surface area contributed by atoms with Crippen LogP contribution < -0.4 is 10.6 Å². The fourth-order valence-electron chi connectivity index (χ4n) is 2.62. The van der Waals surface area contributed by atoms with Crippen LogP contribution in [0, 0.1) is 5.92 Å². The van der Waals surface area contributed by atoms with Crippen molar-refractivity contribution in [1.82, 2.24) is 15.5 Å². The molecule has 2 aliphatic rings. The average Bonchev–Trinajstić information content (AvgIpc) is 2.59. The Balaban J connectivity index is 1.83. The zero-order chi connectivity index (χ0) is 12.4. The lowest BCUT2D eigenvalue weighted by molar-refractivity contribution is -0.128. The quantitative estimate of drug-likeness (QED) is 0.697. The van der Waals surface area contributed by atoms with Crippen LogP contribution in [-0.2, 0) is 9.59 Å². The molecule has 0 saturated carbocycles. The van der Waals surface area contributed by atoms with Crippen molar-refractivity contribution in [2.45, 2.75) is 38.3 Å². The molecule has 0 spiro atoms. The van der Waals surface area contributed by atoms with Crippen molar-refractivity contribution in [3.8, 4) is 0 Å². The number of nitrogens with one attached hydrogen (secondary N) is 2. The van der Waals surface area contributed by atoms with E-state index >= 15 is 0 Å². The smallest absolute Gasteiger partial charge is 0.225 e. The molecule has 0 radical (unpaired) electrons. The highest BCUT2D eigenvalue weighted by Gasteiger charge is 2.33. The average molecular weight is 239 g/mol.